The van der Waals surface area contributed by atoms with E-state index in [-0.39, 0.29) is 17.8 Å². The highest BCUT2D eigenvalue weighted by molar-refractivity contribution is 7.88. The van der Waals surface area contributed by atoms with E-state index in [1.165, 1.54) is 6.07 Å². The summed E-state index contributed by atoms with van der Waals surface area (Å²) >= 11 is 0. The number of rotatable bonds is 5. The SMILES string of the molecule is CS(=O)(=O)NCC1CCCN(c2ccc(F)c(C3=C4C=CC=NC4NN3)n2)C1. The van der Waals surface area contributed by atoms with Crippen LogP contribution in [0.2, 0.25) is 0 Å². The van der Waals surface area contributed by atoms with Gasteiger partial charge in [-0.3, -0.25) is 4.99 Å². The van der Waals surface area contributed by atoms with Crippen LogP contribution in [0, 0.1) is 11.7 Å². The number of nitrogens with one attached hydrogen (secondary N) is 3. The highest BCUT2D eigenvalue weighted by atomic mass is 32.2. The molecule has 2 atom stereocenters. The second-order valence-corrected chi connectivity index (χ2v) is 9.07. The summed E-state index contributed by atoms with van der Waals surface area (Å²) in [6.07, 6.45) is 8.19. The molecule has 0 saturated carbocycles. The average molecular weight is 406 g/mol. The molecule has 3 aliphatic rings. The number of fused-ring (bicyclic) bond motifs is 1. The van der Waals surface area contributed by atoms with Gasteiger partial charge in [0.05, 0.1) is 12.0 Å². The molecule has 1 aromatic heterocycles. The van der Waals surface area contributed by atoms with E-state index in [4.69, 9.17) is 0 Å². The summed E-state index contributed by atoms with van der Waals surface area (Å²) in [5, 5.41) is 0. The standard InChI is InChI=1S/C18H23FN6O2S/c1-28(26,27)21-10-12-4-3-9-25(11-12)15-7-6-14(19)17(22-15)16-13-5-2-8-20-18(13)24-23-16/h2,5-8,12,18,21,23-24H,3-4,9-11H2,1H3. The Hall–Kier alpha value is -2.30. The predicted molar refractivity (Wildman–Crippen MR) is 107 cm³/mol. The normalized spacial score (nSPS) is 24.4. The van der Waals surface area contributed by atoms with Gasteiger partial charge in [0.15, 0.2) is 5.82 Å². The minimum absolute atomic E-state index is 0.187. The average Bonchev–Trinajstić information content (AvgIpc) is 3.10. The number of aliphatic imine (C=N–C) groups is 1. The Morgan fingerprint density at radius 2 is 2.25 bits per heavy atom. The van der Waals surface area contributed by atoms with E-state index in [0.717, 1.165) is 31.2 Å². The number of hydrazine groups is 1. The minimum Gasteiger partial charge on any atom is -0.356 e. The number of allylic oxidation sites excluding steroid dienone is 1. The van der Waals surface area contributed by atoms with E-state index in [9.17, 15) is 12.8 Å². The van der Waals surface area contributed by atoms with Crippen LogP contribution in [0.3, 0.4) is 0 Å². The molecule has 4 rings (SSSR count). The molecule has 0 spiro atoms. The van der Waals surface area contributed by atoms with E-state index in [1.54, 1.807) is 12.3 Å². The van der Waals surface area contributed by atoms with Crippen molar-refractivity contribution < 1.29 is 12.8 Å². The number of hydrogen-bond acceptors (Lipinski definition) is 7. The molecule has 8 nitrogen and oxygen atoms in total. The van der Waals surface area contributed by atoms with Gasteiger partial charge < -0.3 is 10.3 Å². The van der Waals surface area contributed by atoms with Crippen molar-refractivity contribution in [3.05, 3.63) is 41.4 Å². The number of dihydropyridines is 1. The summed E-state index contributed by atoms with van der Waals surface area (Å²) in [6, 6.07) is 3.10. The van der Waals surface area contributed by atoms with Crippen LogP contribution in [-0.2, 0) is 10.0 Å². The molecule has 1 aromatic rings. The topological polar surface area (TPSA) is 98.7 Å². The quantitative estimate of drug-likeness (QED) is 0.668. The number of sulfonamides is 1. The molecule has 150 valence electrons. The van der Waals surface area contributed by atoms with Crippen molar-refractivity contribution in [3.8, 4) is 0 Å². The fraction of sp³-hybridized carbons (Fsp3) is 0.444. The van der Waals surface area contributed by atoms with Gasteiger partial charge >= 0.3 is 0 Å². The zero-order chi connectivity index (χ0) is 19.7. The molecule has 10 heteroatoms. The van der Waals surface area contributed by atoms with E-state index < -0.39 is 15.8 Å². The lowest BCUT2D eigenvalue weighted by molar-refractivity contribution is 0.409. The molecule has 0 aromatic carbocycles. The van der Waals surface area contributed by atoms with E-state index >= 15 is 0 Å². The van der Waals surface area contributed by atoms with Crippen molar-refractivity contribution in [2.24, 2.45) is 10.9 Å². The highest BCUT2D eigenvalue weighted by Crippen LogP contribution is 2.29. The number of pyridine rings is 1. The second kappa shape index (κ2) is 7.61. The van der Waals surface area contributed by atoms with Crippen LogP contribution in [0.1, 0.15) is 18.5 Å². The number of aromatic nitrogens is 1. The van der Waals surface area contributed by atoms with E-state index in [0.29, 0.717) is 24.6 Å². The van der Waals surface area contributed by atoms with Crippen LogP contribution in [0.5, 0.6) is 0 Å². The van der Waals surface area contributed by atoms with Crippen molar-refractivity contribution >= 4 is 27.8 Å². The molecule has 1 saturated heterocycles. The minimum atomic E-state index is -3.21. The van der Waals surface area contributed by atoms with Crippen molar-refractivity contribution in [1.29, 1.82) is 0 Å². The fourth-order valence-corrected chi connectivity index (χ4v) is 4.23. The Kier molecular flexibility index (Phi) is 5.17. The number of anilines is 1. The lowest BCUT2D eigenvalue weighted by Crippen LogP contribution is -2.41. The highest BCUT2D eigenvalue weighted by Gasteiger charge is 2.28. The van der Waals surface area contributed by atoms with Crippen LogP contribution in [0.4, 0.5) is 10.2 Å². The van der Waals surface area contributed by atoms with Crippen LogP contribution >= 0.6 is 0 Å². The maximum Gasteiger partial charge on any atom is 0.208 e. The van der Waals surface area contributed by atoms with Gasteiger partial charge in [-0.05, 0) is 37.0 Å². The molecule has 3 N–H and O–H groups in total. The number of halogens is 1. The predicted octanol–water partition coefficient (Wildman–Crippen LogP) is 0.772. The lowest BCUT2D eigenvalue weighted by Gasteiger charge is -2.33. The van der Waals surface area contributed by atoms with Crippen LogP contribution in [0.15, 0.2) is 34.9 Å². The van der Waals surface area contributed by atoms with Gasteiger partial charge in [-0.1, -0.05) is 6.08 Å². The third-order valence-electron chi connectivity index (χ3n) is 5.06. The molecule has 0 amide bonds. The van der Waals surface area contributed by atoms with E-state index in [2.05, 4.69) is 30.4 Å². The Labute approximate surface area is 163 Å². The number of nitrogens with zero attached hydrogens (tertiary/aromatic N) is 3. The molecular weight excluding hydrogens is 383 g/mol. The van der Waals surface area contributed by atoms with Gasteiger partial charge in [-0.15, -0.1) is 0 Å². The molecule has 28 heavy (non-hydrogen) atoms. The third kappa shape index (κ3) is 4.08. The van der Waals surface area contributed by atoms with Crippen molar-refractivity contribution in [3.63, 3.8) is 0 Å². The first-order valence-electron chi connectivity index (χ1n) is 9.23. The maximum atomic E-state index is 14.6. The largest absolute Gasteiger partial charge is 0.356 e. The summed E-state index contributed by atoms with van der Waals surface area (Å²) in [5.41, 5.74) is 7.70. The van der Waals surface area contributed by atoms with Crippen molar-refractivity contribution in [2.75, 3.05) is 30.8 Å². The molecule has 0 bridgehead atoms. The Morgan fingerprint density at radius 3 is 3.07 bits per heavy atom. The zero-order valence-corrected chi connectivity index (χ0v) is 16.3. The van der Waals surface area contributed by atoms with Gasteiger partial charge in [0.2, 0.25) is 10.0 Å². The van der Waals surface area contributed by atoms with E-state index in [1.807, 2.05) is 12.2 Å². The monoisotopic (exact) mass is 406 g/mol. The third-order valence-corrected chi connectivity index (χ3v) is 5.75. The Morgan fingerprint density at radius 1 is 1.39 bits per heavy atom. The zero-order valence-electron chi connectivity index (χ0n) is 15.5. The van der Waals surface area contributed by atoms with Gasteiger partial charge in [-0.25, -0.2) is 27.9 Å². The van der Waals surface area contributed by atoms with Gasteiger partial charge in [0.25, 0.3) is 0 Å². The van der Waals surface area contributed by atoms with Gasteiger partial charge in [0.1, 0.15) is 17.7 Å². The van der Waals surface area contributed by atoms with Crippen LogP contribution in [0.25, 0.3) is 5.70 Å². The summed E-state index contributed by atoms with van der Waals surface area (Å²) in [6.45, 7) is 1.87. The summed E-state index contributed by atoms with van der Waals surface area (Å²) in [4.78, 5) is 11.0. The Bertz CT molecular complexity index is 959. The summed E-state index contributed by atoms with van der Waals surface area (Å²) < 4.78 is 39.8. The number of hydrogen-bond donors (Lipinski definition) is 3. The van der Waals surface area contributed by atoms with Crippen molar-refractivity contribution in [2.45, 2.75) is 19.0 Å². The molecule has 2 unspecified atom stereocenters. The first-order chi connectivity index (χ1) is 13.4. The Balaban J connectivity index is 1.56. The number of piperidine rings is 1. The first-order valence-corrected chi connectivity index (χ1v) is 11.1. The lowest BCUT2D eigenvalue weighted by atomic mass is 9.98. The molecule has 0 aliphatic carbocycles. The molecular formula is C18H23FN6O2S. The smallest absolute Gasteiger partial charge is 0.208 e. The van der Waals surface area contributed by atoms with Crippen LogP contribution in [-0.4, -0.2) is 51.7 Å². The second-order valence-electron chi connectivity index (χ2n) is 7.23. The fourth-order valence-electron chi connectivity index (χ4n) is 3.69. The first kappa shape index (κ1) is 19.0. The maximum absolute atomic E-state index is 14.6. The van der Waals surface area contributed by atoms with Gasteiger partial charge in [-0.2, -0.15) is 0 Å². The molecule has 0 radical (unpaired) electrons. The summed E-state index contributed by atoms with van der Waals surface area (Å²) in [5.74, 6) is 0.464. The molecule has 4 heterocycles. The van der Waals surface area contributed by atoms with Gasteiger partial charge in [0, 0.05) is 31.4 Å². The van der Waals surface area contributed by atoms with Crippen LogP contribution < -0.4 is 20.5 Å². The molecule has 1 fully saturated rings. The molecule has 3 aliphatic heterocycles. The van der Waals surface area contributed by atoms with Crippen molar-refractivity contribution in [1.82, 2.24) is 20.6 Å². The summed E-state index contributed by atoms with van der Waals surface area (Å²) in [7, 11) is -3.21.